The summed E-state index contributed by atoms with van der Waals surface area (Å²) < 4.78 is 2.01. The van der Waals surface area contributed by atoms with Crippen molar-refractivity contribution in [3.05, 3.63) is 66.9 Å². The van der Waals surface area contributed by atoms with Crippen LogP contribution in [0, 0.1) is 5.41 Å². The molecule has 2 unspecified atom stereocenters. The molecule has 3 saturated heterocycles. The Kier molecular flexibility index (Phi) is 6.46. The lowest BCUT2D eigenvalue weighted by molar-refractivity contribution is -0.153. The Morgan fingerprint density at radius 1 is 1.02 bits per heavy atom. The molecule has 1 aromatic carbocycles. The molecule has 3 aliphatic rings. The Bertz CT molecular complexity index is 1960. The van der Waals surface area contributed by atoms with E-state index in [2.05, 4.69) is 32.2 Å². The zero-order valence-electron chi connectivity index (χ0n) is 26.3. The number of carbonyl (C=O) groups is 2. The number of likely N-dealkylation sites (tertiary alicyclic amines) is 1. The van der Waals surface area contributed by atoms with Crippen LogP contribution in [0.4, 0.5) is 4.79 Å². The zero-order valence-corrected chi connectivity index (χ0v) is 26.3. The minimum absolute atomic E-state index is 0.0136. The number of rotatable bonds is 4. The lowest BCUT2D eigenvalue weighted by Gasteiger charge is -2.50. The monoisotopic (exact) mass is 618 g/mol. The second-order valence-corrected chi connectivity index (χ2v) is 14.1. The van der Waals surface area contributed by atoms with Gasteiger partial charge in [-0.25, -0.2) is 14.3 Å². The van der Waals surface area contributed by atoms with Crippen molar-refractivity contribution in [1.82, 2.24) is 39.6 Å². The first kappa shape index (κ1) is 28.7. The summed E-state index contributed by atoms with van der Waals surface area (Å²) in [5.74, 6) is 0.153. The number of nitrogens with one attached hydrogen (secondary N) is 1. The Hall–Kier alpha value is -4.80. The first-order valence-electron chi connectivity index (χ1n) is 16.2. The van der Waals surface area contributed by atoms with Crippen molar-refractivity contribution in [2.75, 3.05) is 6.54 Å². The van der Waals surface area contributed by atoms with Gasteiger partial charge in [0.25, 0.3) is 0 Å². The molecule has 2 bridgehead atoms. The summed E-state index contributed by atoms with van der Waals surface area (Å²) in [7, 11) is 0. The van der Waals surface area contributed by atoms with Gasteiger partial charge in [-0.1, -0.05) is 32.9 Å². The van der Waals surface area contributed by atoms with Crippen LogP contribution in [-0.4, -0.2) is 80.9 Å². The minimum Gasteiger partial charge on any atom is -0.465 e. The van der Waals surface area contributed by atoms with Gasteiger partial charge in [0.15, 0.2) is 5.65 Å². The topological polar surface area (TPSA) is 133 Å². The van der Waals surface area contributed by atoms with Crippen LogP contribution in [-0.2, 0) is 4.79 Å². The van der Waals surface area contributed by atoms with Crippen molar-refractivity contribution in [1.29, 1.82) is 0 Å². The summed E-state index contributed by atoms with van der Waals surface area (Å²) in [4.78, 5) is 39.7. The maximum atomic E-state index is 14.6. The smallest absolute Gasteiger partial charge is 0.408 e. The van der Waals surface area contributed by atoms with Crippen LogP contribution >= 0.6 is 0 Å². The highest BCUT2D eigenvalue weighted by Gasteiger charge is 2.61. The normalized spacial score (nSPS) is 24.7. The number of piperidine rings is 1. The number of amides is 2. The molecule has 3 atom stereocenters. The number of H-pyrrole nitrogens is 1. The van der Waals surface area contributed by atoms with E-state index in [9.17, 15) is 14.7 Å². The maximum Gasteiger partial charge on any atom is 0.408 e. The summed E-state index contributed by atoms with van der Waals surface area (Å²) in [6, 6.07) is 12.2. The van der Waals surface area contributed by atoms with Gasteiger partial charge in [-0.2, -0.15) is 10.2 Å². The van der Waals surface area contributed by atoms with E-state index in [4.69, 9.17) is 10.1 Å². The number of nitrogens with zero attached hydrogens (tertiary/aromatic N) is 7. The molecule has 8 rings (SSSR count). The number of carbonyl (C=O) groups excluding carboxylic acids is 1. The number of pyridine rings is 1. The second-order valence-electron chi connectivity index (χ2n) is 14.1. The average molecular weight is 619 g/mol. The molecule has 0 spiro atoms. The van der Waals surface area contributed by atoms with E-state index >= 15 is 0 Å². The van der Waals surface area contributed by atoms with Crippen molar-refractivity contribution in [3.8, 4) is 22.4 Å². The highest BCUT2D eigenvalue weighted by Crippen LogP contribution is 2.50. The number of fused-ring (bicyclic) bond motifs is 4. The molecule has 0 saturated carbocycles. The molecular formula is C35H38N8O3. The van der Waals surface area contributed by atoms with Gasteiger partial charge >= 0.3 is 6.09 Å². The van der Waals surface area contributed by atoms with Gasteiger partial charge in [0.2, 0.25) is 5.91 Å². The standard InChI is InChI=1S/C35H38N8O3/c1-34(2,3)35(13-5-17-41(35)33(45)46)32(44)42-23-8-9-24(42)19-22(18-23)28-12-16-37-31-29(25-6-4-7-27-26(25)20-38-39-27)30(40-43(28)31)21-10-14-36-15-11-21/h4,6-7,10-12,14-16,20,22-24H,5,8-9,13,17-19H2,1-3H3,(H,38,39)(H,45,46)/t22?,23?,24?,35-/m1/s1. The molecule has 11 nitrogen and oxygen atoms in total. The van der Waals surface area contributed by atoms with Gasteiger partial charge in [-0.3, -0.25) is 19.8 Å². The van der Waals surface area contributed by atoms with Gasteiger partial charge in [-0.15, -0.1) is 0 Å². The second kappa shape index (κ2) is 10.4. The molecule has 3 aliphatic heterocycles. The third kappa shape index (κ3) is 4.09. The predicted molar refractivity (Wildman–Crippen MR) is 173 cm³/mol. The Labute approximate surface area is 266 Å². The minimum atomic E-state index is -1.05. The van der Waals surface area contributed by atoms with Crippen LogP contribution in [0.1, 0.15) is 70.9 Å². The van der Waals surface area contributed by atoms with Gasteiger partial charge in [0.1, 0.15) is 11.2 Å². The van der Waals surface area contributed by atoms with E-state index in [1.165, 1.54) is 4.90 Å². The third-order valence-corrected chi connectivity index (χ3v) is 10.8. The first-order chi connectivity index (χ1) is 22.2. The average Bonchev–Trinajstić information content (AvgIpc) is 3.84. The number of benzene rings is 1. The van der Waals surface area contributed by atoms with Crippen LogP contribution in [0.2, 0.25) is 0 Å². The number of aromatic amines is 1. The molecule has 11 heteroatoms. The maximum absolute atomic E-state index is 14.6. The summed E-state index contributed by atoms with van der Waals surface area (Å²) in [6.07, 6.45) is 11.0. The van der Waals surface area contributed by atoms with Crippen molar-refractivity contribution >= 4 is 28.6 Å². The molecule has 5 aromatic rings. The lowest BCUT2D eigenvalue weighted by Crippen LogP contribution is -2.66. The fourth-order valence-electron chi connectivity index (χ4n) is 8.78. The number of hydrogen-bond acceptors (Lipinski definition) is 6. The molecule has 236 valence electrons. The van der Waals surface area contributed by atoms with Crippen LogP contribution in [0.15, 0.2) is 61.2 Å². The number of hydrogen-bond donors (Lipinski definition) is 2. The summed E-state index contributed by atoms with van der Waals surface area (Å²) >= 11 is 0. The van der Waals surface area contributed by atoms with Gasteiger partial charge in [0.05, 0.1) is 17.3 Å². The highest BCUT2D eigenvalue weighted by molar-refractivity contribution is 6.02. The number of aromatic nitrogens is 6. The van der Waals surface area contributed by atoms with E-state index in [0.29, 0.717) is 19.4 Å². The zero-order chi connectivity index (χ0) is 31.8. The van der Waals surface area contributed by atoms with Crippen molar-refractivity contribution in [2.45, 2.75) is 82.8 Å². The van der Waals surface area contributed by atoms with E-state index in [-0.39, 0.29) is 23.9 Å². The van der Waals surface area contributed by atoms with E-state index < -0.39 is 17.0 Å². The van der Waals surface area contributed by atoms with E-state index in [0.717, 1.165) is 70.3 Å². The predicted octanol–water partition coefficient (Wildman–Crippen LogP) is 6.13. The molecule has 0 aliphatic carbocycles. The van der Waals surface area contributed by atoms with Crippen LogP contribution in [0.25, 0.3) is 38.9 Å². The summed E-state index contributed by atoms with van der Waals surface area (Å²) in [5.41, 5.74) is 4.94. The summed E-state index contributed by atoms with van der Waals surface area (Å²) in [6.45, 7) is 6.42. The van der Waals surface area contributed by atoms with E-state index in [1.807, 2.05) is 61.9 Å². The molecule has 4 aromatic heterocycles. The van der Waals surface area contributed by atoms with Crippen molar-refractivity contribution in [3.63, 3.8) is 0 Å². The van der Waals surface area contributed by atoms with Gasteiger partial charge in [0, 0.05) is 59.8 Å². The quantitative estimate of drug-likeness (QED) is 0.248. The third-order valence-electron chi connectivity index (χ3n) is 10.8. The van der Waals surface area contributed by atoms with Crippen LogP contribution in [0.5, 0.6) is 0 Å². The first-order valence-corrected chi connectivity index (χ1v) is 16.2. The molecule has 2 N–H and O–H groups in total. The molecular weight excluding hydrogens is 580 g/mol. The van der Waals surface area contributed by atoms with E-state index in [1.54, 1.807) is 12.4 Å². The summed E-state index contributed by atoms with van der Waals surface area (Å²) in [5, 5.41) is 23.8. The Morgan fingerprint density at radius 3 is 2.50 bits per heavy atom. The fraction of sp³-hybridized carbons (Fsp3) is 0.429. The molecule has 2 amide bonds. The molecule has 0 radical (unpaired) electrons. The largest absolute Gasteiger partial charge is 0.465 e. The van der Waals surface area contributed by atoms with Gasteiger partial charge < -0.3 is 10.0 Å². The van der Waals surface area contributed by atoms with Crippen molar-refractivity contribution in [2.24, 2.45) is 5.41 Å². The Morgan fingerprint density at radius 2 is 1.78 bits per heavy atom. The Balaban J connectivity index is 1.20. The van der Waals surface area contributed by atoms with Crippen LogP contribution in [0.3, 0.4) is 0 Å². The molecule has 7 heterocycles. The van der Waals surface area contributed by atoms with Gasteiger partial charge in [-0.05, 0) is 73.8 Å². The molecule has 3 fully saturated rings. The highest BCUT2D eigenvalue weighted by atomic mass is 16.4. The van der Waals surface area contributed by atoms with Crippen molar-refractivity contribution < 1.29 is 14.7 Å². The lowest BCUT2D eigenvalue weighted by atomic mass is 9.70. The fourth-order valence-corrected chi connectivity index (χ4v) is 8.78. The van der Waals surface area contributed by atoms with Crippen LogP contribution < -0.4 is 0 Å². The SMILES string of the molecule is CC(C)(C)[C@]1(C(=O)N2C3CCC2CC(c2ccnc4c(-c5cccc6[nH]ncc56)c(-c5ccncc5)nn24)C3)CCCN1C(=O)O. The molecule has 46 heavy (non-hydrogen) atoms. The number of carboxylic acid groups (broad SMARTS) is 1.